The molecule has 1 aliphatic carbocycles. The standard InChI is InChI=1S/C23H22FN3O/c1-13-9-17(14(2)25)21-18(10-13)20-22(28-21)19(12-26-27-20)23(7-8-23)11-15-3-5-16(24)6-4-15/h3-6,9-10,12,14H,7-8,11,25H2,1-2H3/t14-/m1/s1. The molecule has 2 N–H and O–H groups in total. The van der Waals surface area contributed by atoms with Crippen LogP contribution in [0.5, 0.6) is 0 Å². The first-order valence-corrected chi connectivity index (χ1v) is 9.66. The molecule has 5 heteroatoms. The lowest BCUT2D eigenvalue weighted by molar-refractivity contribution is 0.614. The molecule has 4 nitrogen and oxygen atoms in total. The fourth-order valence-electron chi connectivity index (χ4n) is 4.25. The largest absolute Gasteiger partial charge is 0.454 e. The topological polar surface area (TPSA) is 64.9 Å². The van der Waals surface area contributed by atoms with Gasteiger partial charge in [-0.15, -0.1) is 5.10 Å². The van der Waals surface area contributed by atoms with E-state index in [0.717, 1.165) is 63.6 Å². The first-order valence-electron chi connectivity index (χ1n) is 9.66. The van der Waals surface area contributed by atoms with Crippen molar-refractivity contribution in [3.8, 4) is 0 Å². The predicted octanol–water partition coefficient (Wildman–Crippen LogP) is 5.12. The van der Waals surface area contributed by atoms with Gasteiger partial charge in [0, 0.05) is 28.0 Å². The predicted molar refractivity (Wildman–Crippen MR) is 108 cm³/mol. The minimum atomic E-state index is -0.211. The van der Waals surface area contributed by atoms with E-state index in [4.69, 9.17) is 10.2 Å². The van der Waals surface area contributed by atoms with Gasteiger partial charge in [-0.3, -0.25) is 0 Å². The number of nitrogens with two attached hydrogens (primary N) is 1. The van der Waals surface area contributed by atoms with Crippen LogP contribution in [-0.4, -0.2) is 10.2 Å². The zero-order valence-electron chi connectivity index (χ0n) is 16.0. The first kappa shape index (κ1) is 17.3. The van der Waals surface area contributed by atoms with E-state index in [9.17, 15) is 4.39 Å². The van der Waals surface area contributed by atoms with Gasteiger partial charge in [-0.1, -0.05) is 18.2 Å². The number of aryl methyl sites for hydroxylation is 1. The molecule has 1 fully saturated rings. The van der Waals surface area contributed by atoms with Crippen molar-refractivity contribution < 1.29 is 8.81 Å². The Bertz CT molecular complexity index is 1190. The fraction of sp³-hybridized carbons (Fsp3) is 0.304. The van der Waals surface area contributed by atoms with Crippen LogP contribution in [0.3, 0.4) is 0 Å². The van der Waals surface area contributed by atoms with Crippen molar-refractivity contribution in [2.45, 2.75) is 44.6 Å². The molecule has 0 unspecified atom stereocenters. The van der Waals surface area contributed by atoms with Crippen LogP contribution in [-0.2, 0) is 11.8 Å². The molecule has 4 aromatic rings. The van der Waals surface area contributed by atoms with Crippen LogP contribution in [0.25, 0.3) is 22.1 Å². The quantitative estimate of drug-likeness (QED) is 0.538. The van der Waals surface area contributed by atoms with E-state index in [2.05, 4.69) is 29.3 Å². The Morgan fingerprint density at radius 1 is 1.18 bits per heavy atom. The number of fused-ring (bicyclic) bond motifs is 3. The SMILES string of the molecule is Cc1cc([C@@H](C)N)c2oc3c(C4(Cc5ccc(F)cc5)CC4)cnnc3c2c1. The second-order valence-corrected chi connectivity index (χ2v) is 8.14. The summed E-state index contributed by atoms with van der Waals surface area (Å²) >= 11 is 0. The highest BCUT2D eigenvalue weighted by molar-refractivity contribution is 6.05. The molecule has 2 heterocycles. The third-order valence-electron chi connectivity index (χ3n) is 5.90. The molecule has 2 aromatic carbocycles. The maximum atomic E-state index is 13.3. The third kappa shape index (κ3) is 2.69. The Morgan fingerprint density at radius 2 is 1.93 bits per heavy atom. The van der Waals surface area contributed by atoms with E-state index in [0.29, 0.717) is 0 Å². The number of hydrogen-bond acceptors (Lipinski definition) is 4. The van der Waals surface area contributed by atoms with Crippen molar-refractivity contribution in [2.75, 3.05) is 0 Å². The maximum absolute atomic E-state index is 13.3. The minimum absolute atomic E-state index is 0.0244. The Morgan fingerprint density at radius 3 is 2.61 bits per heavy atom. The van der Waals surface area contributed by atoms with E-state index < -0.39 is 0 Å². The molecule has 1 atom stereocenters. The normalized spacial score (nSPS) is 16.6. The van der Waals surface area contributed by atoms with Gasteiger partial charge in [0.05, 0.1) is 6.20 Å². The van der Waals surface area contributed by atoms with E-state index in [1.165, 1.54) is 12.1 Å². The monoisotopic (exact) mass is 375 g/mol. The number of benzene rings is 2. The number of hydrogen-bond donors (Lipinski definition) is 1. The summed E-state index contributed by atoms with van der Waals surface area (Å²) in [6.07, 6.45) is 4.78. The number of rotatable bonds is 4. The second-order valence-electron chi connectivity index (χ2n) is 8.14. The lowest BCUT2D eigenvalue weighted by atomic mass is 9.89. The number of aromatic nitrogens is 2. The number of furan rings is 1. The summed E-state index contributed by atoms with van der Waals surface area (Å²) in [5.74, 6) is -0.211. The van der Waals surface area contributed by atoms with Gasteiger partial charge < -0.3 is 10.2 Å². The molecule has 0 bridgehead atoms. The lowest BCUT2D eigenvalue weighted by Crippen LogP contribution is -2.12. The fourth-order valence-corrected chi connectivity index (χ4v) is 4.25. The van der Waals surface area contributed by atoms with Crippen LogP contribution >= 0.6 is 0 Å². The van der Waals surface area contributed by atoms with E-state index >= 15 is 0 Å². The molecule has 1 saturated carbocycles. The Labute approximate surface area is 162 Å². The Hall–Kier alpha value is -2.79. The molecule has 2 aromatic heterocycles. The van der Waals surface area contributed by atoms with Crippen molar-refractivity contribution in [3.63, 3.8) is 0 Å². The highest BCUT2D eigenvalue weighted by Gasteiger charge is 2.46. The van der Waals surface area contributed by atoms with Crippen molar-refractivity contribution in [1.29, 1.82) is 0 Å². The zero-order valence-corrected chi connectivity index (χ0v) is 16.0. The minimum Gasteiger partial charge on any atom is -0.454 e. The highest BCUT2D eigenvalue weighted by atomic mass is 19.1. The molecule has 0 spiro atoms. The van der Waals surface area contributed by atoms with E-state index in [-0.39, 0.29) is 17.3 Å². The number of nitrogens with zero attached hydrogens (tertiary/aromatic N) is 2. The average molecular weight is 375 g/mol. The van der Waals surface area contributed by atoms with Crippen LogP contribution < -0.4 is 5.73 Å². The molecule has 0 radical (unpaired) electrons. The molecule has 0 amide bonds. The molecule has 142 valence electrons. The zero-order chi connectivity index (χ0) is 19.5. The van der Waals surface area contributed by atoms with E-state index in [1.54, 1.807) is 0 Å². The van der Waals surface area contributed by atoms with Crippen LogP contribution in [0.2, 0.25) is 0 Å². The summed E-state index contributed by atoms with van der Waals surface area (Å²) in [5, 5.41) is 9.66. The summed E-state index contributed by atoms with van der Waals surface area (Å²) in [4.78, 5) is 0. The summed E-state index contributed by atoms with van der Waals surface area (Å²) in [6, 6.07) is 10.8. The van der Waals surface area contributed by atoms with Crippen molar-refractivity contribution in [2.24, 2.45) is 5.73 Å². The first-order chi connectivity index (χ1) is 13.5. The van der Waals surface area contributed by atoms with Gasteiger partial charge in [0.15, 0.2) is 5.58 Å². The van der Waals surface area contributed by atoms with Gasteiger partial charge in [-0.25, -0.2) is 4.39 Å². The second kappa shape index (κ2) is 6.11. The molecule has 1 aliphatic rings. The lowest BCUT2D eigenvalue weighted by Gasteiger charge is -2.15. The molecule has 0 aliphatic heterocycles. The molecule has 28 heavy (non-hydrogen) atoms. The smallest absolute Gasteiger partial charge is 0.161 e. The summed E-state index contributed by atoms with van der Waals surface area (Å²) in [7, 11) is 0. The molecule has 0 saturated heterocycles. The van der Waals surface area contributed by atoms with Gasteiger partial charge in [0.1, 0.15) is 16.9 Å². The van der Waals surface area contributed by atoms with E-state index in [1.807, 2.05) is 25.3 Å². The van der Waals surface area contributed by atoms with Gasteiger partial charge >= 0.3 is 0 Å². The van der Waals surface area contributed by atoms with Gasteiger partial charge in [0.25, 0.3) is 0 Å². The summed E-state index contributed by atoms with van der Waals surface area (Å²) in [5.41, 5.74) is 12.9. The van der Waals surface area contributed by atoms with Crippen molar-refractivity contribution >= 4 is 22.1 Å². The van der Waals surface area contributed by atoms with Gasteiger partial charge in [0.2, 0.25) is 0 Å². The van der Waals surface area contributed by atoms with Crippen LogP contribution in [0.15, 0.2) is 47.0 Å². The highest BCUT2D eigenvalue weighted by Crippen LogP contribution is 2.53. The summed E-state index contributed by atoms with van der Waals surface area (Å²) < 4.78 is 19.6. The third-order valence-corrected chi connectivity index (χ3v) is 5.90. The van der Waals surface area contributed by atoms with Gasteiger partial charge in [-0.2, -0.15) is 5.10 Å². The number of halogens is 1. The van der Waals surface area contributed by atoms with Crippen molar-refractivity contribution in [1.82, 2.24) is 10.2 Å². The van der Waals surface area contributed by atoms with Crippen molar-refractivity contribution in [3.05, 3.63) is 70.7 Å². The summed E-state index contributed by atoms with van der Waals surface area (Å²) in [6.45, 7) is 4.02. The Balaban J connectivity index is 1.68. The van der Waals surface area contributed by atoms with Crippen LogP contribution in [0, 0.1) is 12.7 Å². The van der Waals surface area contributed by atoms with Crippen LogP contribution in [0.4, 0.5) is 4.39 Å². The molecule has 5 rings (SSSR count). The Kier molecular flexibility index (Phi) is 3.78. The van der Waals surface area contributed by atoms with Crippen LogP contribution in [0.1, 0.15) is 48.1 Å². The van der Waals surface area contributed by atoms with Gasteiger partial charge in [-0.05, 0) is 62.4 Å². The molecular weight excluding hydrogens is 353 g/mol. The molecular formula is C23H22FN3O. The maximum Gasteiger partial charge on any atom is 0.161 e. The average Bonchev–Trinajstić information content (AvgIpc) is 3.35.